The van der Waals surface area contributed by atoms with Gasteiger partial charge >= 0.3 is 5.97 Å². The Hall–Kier alpha value is -0.955. The van der Waals surface area contributed by atoms with Crippen LogP contribution in [0.25, 0.3) is 0 Å². The SMILES string of the molecule is [B]c1ccc(Cl)cc1CC(C)C(=O)O. The Bertz CT molecular complexity index is 352. The summed E-state index contributed by atoms with van der Waals surface area (Å²) in [6, 6.07) is 5.08. The largest absolute Gasteiger partial charge is 0.481 e. The summed E-state index contributed by atoms with van der Waals surface area (Å²) in [6.45, 7) is 1.64. The molecule has 2 nitrogen and oxygen atoms in total. The summed E-state index contributed by atoms with van der Waals surface area (Å²) in [5.74, 6) is -1.28. The number of rotatable bonds is 3. The zero-order chi connectivity index (χ0) is 10.7. The molecule has 0 saturated heterocycles. The van der Waals surface area contributed by atoms with Gasteiger partial charge in [0.1, 0.15) is 7.85 Å². The van der Waals surface area contributed by atoms with E-state index in [1.807, 2.05) is 0 Å². The van der Waals surface area contributed by atoms with Gasteiger partial charge < -0.3 is 5.11 Å². The number of halogens is 1. The first-order valence-corrected chi connectivity index (χ1v) is 4.65. The van der Waals surface area contributed by atoms with E-state index >= 15 is 0 Å². The van der Waals surface area contributed by atoms with Crippen LogP contribution in [-0.4, -0.2) is 18.9 Å². The van der Waals surface area contributed by atoms with Crippen LogP contribution in [0.5, 0.6) is 0 Å². The molecule has 0 spiro atoms. The maximum atomic E-state index is 10.6. The van der Waals surface area contributed by atoms with E-state index in [1.54, 1.807) is 25.1 Å². The van der Waals surface area contributed by atoms with Crippen molar-refractivity contribution >= 4 is 30.9 Å². The highest BCUT2D eigenvalue weighted by Gasteiger charge is 2.12. The minimum absolute atomic E-state index is 0.404. The first-order valence-electron chi connectivity index (χ1n) is 4.27. The molecule has 1 rings (SSSR count). The molecule has 1 unspecified atom stereocenters. The lowest BCUT2D eigenvalue weighted by atomic mass is 9.86. The van der Waals surface area contributed by atoms with Crippen LogP contribution >= 0.6 is 11.6 Å². The summed E-state index contributed by atoms with van der Waals surface area (Å²) in [5, 5.41) is 9.31. The molecule has 1 atom stereocenters. The first kappa shape index (κ1) is 11.1. The highest BCUT2D eigenvalue weighted by atomic mass is 35.5. The zero-order valence-corrected chi connectivity index (χ0v) is 8.58. The predicted molar refractivity (Wildman–Crippen MR) is 57.3 cm³/mol. The Morgan fingerprint density at radius 1 is 1.64 bits per heavy atom. The van der Waals surface area contributed by atoms with Crippen LogP contribution in [-0.2, 0) is 11.2 Å². The van der Waals surface area contributed by atoms with E-state index in [2.05, 4.69) is 0 Å². The third kappa shape index (κ3) is 2.77. The molecule has 0 amide bonds. The molecule has 0 heterocycles. The number of hydrogen-bond donors (Lipinski definition) is 1. The monoisotopic (exact) mass is 208 g/mol. The third-order valence-corrected chi connectivity index (χ3v) is 2.29. The quantitative estimate of drug-likeness (QED) is 0.763. The van der Waals surface area contributed by atoms with Crippen molar-refractivity contribution in [2.24, 2.45) is 5.92 Å². The molecular formula is C10H10BClO2. The smallest absolute Gasteiger partial charge is 0.306 e. The molecule has 0 aliphatic rings. The molecule has 0 bridgehead atoms. The molecular weight excluding hydrogens is 198 g/mol. The zero-order valence-electron chi connectivity index (χ0n) is 7.83. The normalized spacial score (nSPS) is 12.4. The Morgan fingerprint density at radius 3 is 2.86 bits per heavy atom. The number of carboxylic acid groups (broad SMARTS) is 1. The number of carboxylic acids is 1. The van der Waals surface area contributed by atoms with Gasteiger partial charge in [-0.1, -0.05) is 35.6 Å². The van der Waals surface area contributed by atoms with Crippen molar-refractivity contribution in [3.05, 3.63) is 28.8 Å². The Morgan fingerprint density at radius 2 is 2.29 bits per heavy atom. The lowest BCUT2D eigenvalue weighted by Gasteiger charge is -2.09. The summed E-state index contributed by atoms with van der Waals surface area (Å²) in [7, 11) is 5.69. The maximum Gasteiger partial charge on any atom is 0.306 e. The second-order valence-electron chi connectivity index (χ2n) is 3.29. The summed E-state index contributed by atoms with van der Waals surface area (Å²) in [6.07, 6.45) is 0.404. The van der Waals surface area contributed by atoms with Crippen LogP contribution in [0, 0.1) is 5.92 Å². The molecule has 0 saturated carbocycles. The van der Waals surface area contributed by atoms with Gasteiger partial charge in [-0.05, 0) is 18.6 Å². The first-order chi connectivity index (χ1) is 6.50. The molecule has 0 fully saturated rings. The van der Waals surface area contributed by atoms with Gasteiger partial charge in [-0.2, -0.15) is 0 Å². The molecule has 1 N–H and O–H groups in total. The lowest BCUT2D eigenvalue weighted by molar-refractivity contribution is -0.141. The van der Waals surface area contributed by atoms with Crippen molar-refractivity contribution < 1.29 is 9.90 Å². The fourth-order valence-electron chi connectivity index (χ4n) is 1.17. The molecule has 1 aromatic carbocycles. The van der Waals surface area contributed by atoms with Gasteiger partial charge in [0, 0.05) is 5.02 Å². The van der Waals surface area contributed by atoms with Gasteiger partial charge in [0.2, 0.25) is 0 Å². The number of hydrogen-bond acceptors (Lipinski definition) is 1. The minimum Gasteiger partial charge on any atom is -0.481 e. The van der Waals surface area contributed by atoms with Crippen molar-refractivity contribution in [3.63, 3.8) is 0 Å². The van der Waals surface area contributed by atoms with Crippen molar-refractivity contribution in [3.8, 4) is 0 Å². The average Bonchev–Trinajstić information content (AvgIpc) is 2.11. The minimum atomic E-state index is -0.829. The summed E-state index contributed by atoms with van der Waals surface area (Å²) < 4.78 is 0. The second-order valence-corrected chi connectivity index (χ2v) is 3.72. The summed E-state index contributed by atoms with van der Waals surface area (Å²) in [5.41, 5.74) is 1.37. The van der Waals surface area contributed by atoms with Crippen molar-refractivity contribution in [2.75, 3.05) is 0 Å². The van der Waals surface area contributed by atoms with Crippen LogP contribution in [0.4, 0.5) is 0 Å². The highest BCUT2D eigenvalue weighted by Crippen LogP contribution is 2.12. The van der Waals surface area contributed by atoms with Gasteiger partial charge in [0.25, 0.3) is 0 Å². The second kappa shape index (κ2) is 4.51. The van der Waals surface area contributed by atoms with Gasteiger partial charge in [0.15, 0.2) is 0 Å². The Labute approximate surface area is 89.3 Å². The number of aliphatic carboxylic acids is 1. The molecule has 1 aromatic rings. The van der Waals surface area contributed by atoms with Crippen molar-refractivity contribution in [1.29, 1.82) is 0 Å². The van der Waals surface area contributed by atoms with Crippen LogP contribution in [0.2, 0.25) is 5.02 Å². The fraction of sp³-hybridized carbons (Fsp3) is 0.300. The predicted octanol–water partition coefficient (Wildman–Crippen LogP) is 1.40. The van der Waals surface area contributed by atoms with E-state index in [1.165, 1.54) is 0 Å². The van der Waals surface area contributed by atoms with E-state index < -0.39 is 11.9 Å². The number of benzene rings is 1. The van der Waals surface area contributed by atoms with Gasteiger partial charge in [0.05, 0.1) is 5.92 Å². The van der Waals surface area contributed by atoms with E-state index in [9.17, 15) is 4.79 Å². The van der Waals surface area contributed by atoms with E-state index in [0.717, 1.165) is 5.56 Å². The summed E-state index contributed by atoms with van der Waals surface area (Å²) in [4.78, 5) is 10.6. The molecule has 4 heteroatoms. The van der Waals surface area contributed by atoms with Crippen molar-refractivity contribution in [2.45, 2.75) is 13.3 Å². The molecule has 0 aliphatic heterocycles. The molecule has 0 aliphatic carbocycles. The van der Waals surface area contributed by atoms with E-state index in [-0.39, 0.29) is 0 Å². The maximum absolute atomic E-state index is 10.6. The standard InChI is InChI=1S/C10H10BClO2/c1-6(10(13)14)4-7-5-8(12)2-3-9(7)11/h2-3,5-6H,4H2,1H3,(H,13,14). The van der Waals surface area contributed by atoms with Crippen molar-refractivity contribution in [1.82, 2.24) is 0 Å². The topological polar surface area (TPSA) is 37.3 Å². The Kier molecular flexibility index (Phi) is 3.58. The highest BCUT2D eigenvalue weighted by molar-refractivity contribution is 6.35. The molecule has 72 valence electrons. The van der Waals surface area contributed by atoms with Crippen LogP contribution in [0.3, 0.4) is 0 Å². The van der Waals surface area contributed by atoms with Crippen LogP contribution in [0.1, 0.15) is 12.5 Å². The fourth-order valence-corrected chi connectivity index (χ4v) is 1.36. The van der Waals surface area contributed by atoms with E-state index in [0.29, 0.717) is 16.9 Å². The lowest BCUT2D eigenvalue weighted by Crippen LogP contribution is -2.18. The molecule has 14 heavy (non-hydrogen) atoms. The van der Waals surface area contributed by atoms with Gasteiger partial charge in [-0.25, -0.2) is 0 Å². The molecule has 2 radical (unpaired) electrons. The average molecular weight is 208 g/mol. The van der Waals surface area contributed by atoms with Gasteiger partial charge in [-0.3, -0.25) is 4.79 Å². The third-order valence-electron chi connectivity index (χ3n) is 2.05. The Balaban J connectivity index is 2.85. The number of carbonyl (C=O) groups is 1. The summed E-state index contributed by atoms with van der Waals surface area (Å²) >= 11 is 5.78. The molecule has 0 aromatic heterocycles. The van der Waals surface area contributed by atoms with Gasteiger partial charge in [-0.15, -0.1) is 0 Å². The van der Waals surface area contributed by atoms with Crippen LogP contribution in [0.15, 0.2) is 18.2 Å². The van der Waals surface area contributed by atoms with Crippen LogP contribution < -0.4 is 5.46 Å². The van der Waals surface area contributed by atoms with E-state index in [4.69, 9.17) is 24.6 Å².